The number of ether oxygens (including phenoxy) is 1. The van der Waals surface area contributed by atoms with Crippen LogP contribution in [0.15, 0.2) is 30.3 Å². The molecule has 0 N–H and O–H groups in total. The average molecular weight is 281 g/mol. The Morgan fingerprint density at radius 2 is 1.94 bits per heavy atom. The first-order valence-electron chi connectivity index (χ1n) is 6.27. The molecular weight excluding hydrogens is 263 g/mol. The Hall–Kier alpha value is -0.301. The summed E-state index contributed by atoms with van der Waals surface area (Å²) in [5.74, 6) is 0.879. The van der Waals surface area contributed by atoms with Crippen molar-refractivity contribution < 1.29 is 4.74 Å². The van der Waals surface area contributed by atoms with Gasteiger partial charge in [-0.2, -0.15) is 0 Å². The molecule has 1 nitrogen and oxygen atoms in total. The Morgan fingerprint density at radius 1 is 1.06 bits per heavy atom. The van der Waals surface area contributed by atoms with Crippen LogP contribution in [0.3, 0.4) is 0 Å². The average Bonchev–Trinajstić information content (AvgIpc) is 2.80. The quantitative estimate of drug-likeness (QED) is 0.756. The molecule has 1 saturated carbocycles. The molecule has 2 aliphatic rings. The standard InChI is InChI=1S/C14H18OSe/c1-2-6-12(7-3-1)16-13-8-4-5-11-9-10-15-14(11)13/h1-3,6-7,11,13-14H,4-5,8-10H2/t11-,13+,14+/m0/s1. The predicted octanol–water partition coefficient (Wildman–Crippen LogP) is 2.39. The van der Waals surface area contributed by atoms with Crippen LogP contribution >= 0.6 is 0 Å². The van der Waals surface area contributed by atoms with Crippen molar-refractivity contribution >= 4 is 19.4 Å². The van der Waals surface area contributed by atoms with Gasteiger partial charge in [0.05, 0.1) is 0 Å². The van der Waals surface area contributed by atoms with Gasteiger partial charge in [-0.1, -0.05) is 0 Å². The van der Waals surface area contributed by atoms with E-state index in [0.29, 0.717) is 21.1 Å². The van der Waals surface area contributed by atoms with E-state index in [9.17, 15) is 0 Å². The molecule has 3 atom stereocenters. The van der Waals surface area contributed by atoms with Gasteiger partial charge in [-0.3, -0.25) is 0 Å². The summed E-state index contributed by atoms with van der Waals surface area (Å²) < 4.78 is 7.50. The molecule has 2 heteroatoms. The first kappa shape index (κ1) is 10.8. The summed E-state index contributed by atoms with van der Waals surface area (Å²) in [7, 11) is 0. The van der Waals surface area contributed by atoms with E-state index in [1.165, 1.54) is 30.1 Å². The van der Waals surface area contributed by atoms with E-state index in [1.807, 2.05) is 0 Å². The van der Waals surface area contributed by atoms with E-state index in [-0.39, 0.29) is 0 Å². The Kier molecular flexibility index (Phi) is 3.32. The Labute approximate surface area is 104 Å². The van der Waals surface area contributed by atoms with Gasteiger partial charge in [0.2, 0.25) is 0 Å². The fourth-order valence-corrected chi connectivity index (χ4v) is 5.82. The molecule has 1 aliphatic heterocycles. The van der Waals surface area contributed by atoms with Gasteiger partial charge < -0.3 is 0 Å². The predicted molar refractivity (Wildman–Crippen MR) is 67.3 cm³/mol. The second-order valence-electron chi connectivity index (χ2n) is 4.78. The minimum absolute atomic E-state index is 0.592. The summed E-state index contributed by atoms with van der Waals surface area (Å²) in [4.78, 5) is 0.830. The molecule has 0 bridgehead atoms. The van der Waals surface area contributed by atoms with Crippen molar-refractivity contribution in [3.8, 4) is 0 Å². The maximum atomic E-state index is 5.96. The van der Waals surface area contributed by atoms with Gasteiger partial charge in [-0.15, -0.1) is 0 Å². The Balaban J connectivity index is 1.70. The molecule has 1 heterocycles. The summed E-state index contributed by atoms with van der Waals surface area (Å²) in [6.45, 7) is 1.01. The van der Waals surface area contributed by atoms with Gasteiger partial charge in [0.25, 0.3) is 0 Å². The Morgan fingerprint density at radius 3 is 2.81 bits per heavy atom. The monoisotopic (exact) mass is 282 g/mol. The molecule has 0 spiro atoms. The SMILES string of the molecule is c1ccc([Se][C@@H]2CCC[C@H]3CCO[C@H]32)cc1. The number of hydrogen-bond acceptors (Lipinski definition) is 1. The normalized spacial score (nSPS) is 33.6. The molecule has 1 saturated heterocycles. The van der Waals surface area contributed by atoms with Crippen LogP contribution < -0.4 is 4.46 Å². The van der Waals surface area contributed by atoms with Crippen LogP contribution in [0.5, 0.6) is 0 Å². The minimum atomic E-state index is 0.592. The third kappa shape index (κ3) is 2.20. The van der Waals surface area contributed by atoms with Gasteiger partial charge in [-0.25, -0.2) is 0 Å². The first-order valence-corrected chi connectivity index (χ1v) is 8.11. The van der Waals surface area contributed by atoms with Gasteiger partial charge in [0.15, 0.2) is 0 Å². The number of hydrogen-bond donors (Lipinski definition) is 0. The van der Waals surface area contributed by atoms with E-state index < -0.39 is 0 Å². The van der Waals surface area contributed by atoms with Crippen LogP contribution in [-0.4, -0.2) is 27.7 Å². The maximum absolute atomic E-state index is 5.96. The fraction of sp³-hybridized carbons (Fsp3) is 0.571. The number of rotatable bonds is 2. The van der Waals surface area contributed by atoms with E-state index >= 15 is 0 Å². The molecule has 3 rings (SSSR count). The zero-order valence-corrected chi connectivity index (χ0v) is 11.2. The van der Waals surface area contributed by atoms with Gasteiger partial charge in [0.1, 0.15) is 0 Å². The second-order valence-corrected chi connectivity index (χ2v) is 7.54. The Bertz CT molecular complexity index is 338. The molecule has 1 aromatic rings. The van der Waals surface area contributed by atoms with Crippen LogP contribution in [0.2, 0.25) is 4.82 Å². The third-order valence-corrected chi connectivity index (χ3v) is 6.56. The molecule has 1 aliphatic carbocycles. The van der Waals surface area contributed by atoms with Crippen molar-refractivity contribution in [2.24, 2.45) is 5.92 Å². The van der Waals surface area contributed by atoms with Crippen molar-refractivity contribution in [3.63, 3.8) is 0 Å². The first-order chi connectivity index (χ1) is 7.93. The van der Waals surface area contributed by atoms with Gasteiger partial charge >= 0.3 is 104 Å². The summed E-state index contributed by atoms with van der Waals surface area (Å²) >= 11 is 0.606. The molecule has 0 aromatic heterocycles. The number of benzene rings is 1. The van der Waals surface area contributed by atoms with E-state index in [4.69, 9.17) is 4.74 Å². The second kappa shape index (κ2) is 4.91. The molecule has 0 unspecified atom stereocenters. The summed E-state index contributed by atoms with van der Waals surface area (Å²) in [5, 5.41) is 0. The zero-order valence-electron chi connectivity index (χ0n) is 9.47. The summed E-state index contributed by atoms with van der Waals surface area (Å²) in [6, 6.07) is 11.0. The number of fused-ring (bicyclic) bond motifs is 1. The molecule has 0 radical (unpaired) electrons. The van der Waals surface area contributed by atoms with Gasteiger partial charge in [0, 0.05) is 0 Å². The van der Waals surface area contributed by atoms with E-state index in [1.54, 1.807) is 0 Å². The van der Waals surface area contributed by atoms with Crippen molar-refractivity contribution in [2.75, 3.05) is 6.61 Å². The molecule has 2 fully saturated rings. The molecule has 86 valence electrons. The van der Waals surface area contributed by atoms with Crippen LogP contribution in [0, 0.1) is 5.92 Å². The van der Waals surface area contributed by atoms with Crippen LogP contribution in [0.25, 0.3) is 0 Å². The van der Waals surface area contributed by atoms with Crippen molar-refractivity contribution in [3.05, 3.63) is 30.3 Å². The van der Waals surface area contributed by atoms with Crippen molar-refractivity contribution in [1.29, 1.82) is 0 Å². The topological polar surface area (TPSA) is 9.23 Å². The summed E-state index contributed by atoms with van der Waals surface area (Å²) in [6.07, 6.45) is 6.12. The van der Waals surface area contributed by atoms with Crippen molar-refractivity contribution in [2.45, 2.75) is 36.6 Å². The van der Waals surface area contributed by atoms with Crippen LogP contribution in [-0.2, 0) is 4.74 Å². The van der Waals surface area contributed by atoms with Crippen LogP contribution in [0.1, 0.15) is 25.7 Å². The van der Waals surface area contributed by atoms with Gasteiger partial charge in [-0.05, 0) is 0 Å². The zero-order chi connectivity index (χ0) is 10.8. The van der Waals surface area contributed by atoms with E-state index in [0.717, 1.165) is 17.3 Å². The summed E-state index contributed by atoms with van der Waals surface area (Å²) in [5.41, 5.74) is 0. The fourth-order valence-electron chi connectivity index (χ4n) is 2.92. The molecular formula is C14H18OSe. The third-order valence-electron chi connectivity index (χ3n) is 3.72. The van der Waals surface area contributed by atoms with Crippen molar-refractivity contribution in [1.82, 2.24) is 0 Å². The molecule has 16 heavy (non-hydrogen) atoms. The molecule has 0 amide bonds. The molecule has 1 aromatic carbocycles. The van der Waals surface area contributed by atoms with E-state index in [2.05, 4.69) is 30.3 Å². The van der Waals surface area contributed by atoms with Crippen LogP contribution in [0.4, 0.5) is 0 Å².